The summed E-state index contributed by atoms with van der Waals surface area (Å²) in [5, 5.41) is 16.3. The molecule has 0 bridgehead atoms. The maximum atomic E-state index is 12.9. The lowest BCUT2D eigenvalue weighted by Gasteiger charge is -2.11. The average Bonchev–Trinajstić information content (AvgIpc) is 3.35. The number of nitrogens with one attached hydrogen (secondary N) is 3. The zero-order valence-corrected chi connectivity index (χ0v) is 18.3. The Labute approximate surface area is 189 Å². The van der Waals surface area contributed by atoms with E-state index in [2.05, 4.69) is 20.8 Å². The first-order valence-corrected chi connectivity index (χ1v) is 11.4. The van der Waals surface area contributed by atoms with E-state index < -0.39 is 0 Å². The minimum Gasteiger partial charge on any atom is -0.349 e. The van der Waals surface area contributed by atoms with Gasteiger partial charge in [-0.3, -0.25) is 14.7 Å². The van der Waals surface area contributed by atoms with E-state index in [1.807, 2.05) is 60.9 Å². The Morgan fingerprint density at radius 1 is 1.09 bits per heavy atom. The molecule has 1 fully saturated rings. The third-order valence-electron chi connectivity index (χ3n) is 5.47. The normalized spacial score (nSPS) is 13.5. The average molecular weight is 443 g/mol. The van der Waals surface area contributed by atoms with Gasteiger partial charge in [-0.1, -0.05) is 30.3 Å². The van der Waals surface area contributed by atoms with Crippen LogP contribution in [0, 0.1) is 6.92 Å². The largest absolute Gasteiger partial charge is 0.349 e. The maximum Gasteiger partial charge on any atom is 0.266 e. The lowest BCUT2D eigenvalue weighted by molar-refractivity contribution is 0.0949. The van der Waals surface area contributed by atoms with E-state index >= 15 is 0 Å². The molecule has 0 aliphatic heterocycles. The molecular weight excluding hydrogens is 420 g/mol. The standard InChI is InChI=1S/C25H22N4O2S/c1-15-12-13-32-23(15)25(31)27-22-14-17(24(30)26-18-9-10-18)7-6-16(22)8-11-21-19-4-2-3-5-20(19)28-29-21/h2-8,11-14,18H,9-10H2,1H3,(H,26,30)(H,27,31)(H,28,29). The molecule has 3 N–H and O–H groups in total. The van der Waals surface area contributed by atoms with Crippen molar-refractivity contribution >= 4 is 51.9 Å². The van der Waals surface area contributed by atoms with Crippen molar-refractivity contribution in [2.24, 2.45) is 0 Å². The number of anilines is 1. The molecule has 0 saturated heterocycles. The van der Waals surface area contributed by atoms with Gasteiger partial charge in [0.25, 0.3) is 11.8 Å². The Kier molecular flexibility index (Phi) is 5.33. The summed E-state index contributed by atoms with van der Waals surface area (Å²) in [4.78, 5) is 26.1. The molecule has 160 valence electrons. The van der Waals surface area contributed by atoms with E-state index in [9.17, 15) is 9.59 Å². The predicted octanol–water partition coefficient (Wildman–Crippen LogP) is 5.25. The number of hydrogen-bond acceptors (Lipinski definition) is 4. The van der Waals surface area contributed by atoms with Crippen molar-refractivity contribution in [1.29, 1.82) is 0 Å². The van der Waals surface area contributed by atoms with Crippen LogP contribution in [-0.2, 0) is 0 Å². The number of fused-ring (bicyclic) bond motifs is 1. The van der Waals surface area contributed by atoms with Crippen LogP contribution in [0.25, 0.3) is 23.1 Å². The van der Waals surface area contributed by atoms with Crippen molar-refractivity contribution in [2.45, 2.75) is 25.8 Å². The number of rotatable bonds is 6. The highest BCUT2D eigenvalue weighted by molar-refractivity contribution is 7.12. The van der Waals surface area contributed by atoms with Gasteiger partial charge in [-0.05, 0) is 66.6 Å². The first-order valence-electron chi connectivity index (χ1n) is 10.5. The molecule has 6 nitrogen and oxygen atoms in total. The van der Waals surface area contributed by atoms with Gasteiger partial charge in [0.1, 0.15) is 0 Å². The molecule has 0 atom stereocenters. The highest BCUT2D eigenvalue weighted by Crippen LogP contribution is 2.26. The number of nitrogens with zero attached hydrogens (tertiary/aromatic N) is 1. The van der Waals surface area contributed by atoms with Crippen LogP contribution in [0.15, 0.2) is 53.9 Å². The van der Waals surface area contributed by atoms with Gasteiger partial charge in [-0.15, -0.1) is 11.3 Å². The fourth-order valence-electron chi connectivity index (χ4n) is 3.51. The topological polar surface area (TPSA) is 86.9 Å². The number of benzene rings is 2. The Bertz CT molecular complexity index is 1350. The van der Waals surface area contributed by atoms with Gasteiger partial charge in [0.15, 0.2) is 0 Å². The van der Waals surface area contributed by atoms with Crippen LogP contribution in [0.4, 0.5) is 5.69 Å². The number of carbonyl (C=O) groups is 2. The van der Waals surface area contributed by atoms with Gasteiger partial charge in [-0.25, -0.2) is 0 Å². The third kappa shape index (κ3) is 4.20. The van der Waals surface area contributed by atoms with E-state index in [-0.39, 0.29) is 17.9 Å². The van der Waals surface area contributed by atoms with Crippen LogP contribution < -0.4 is 10.6 Å². The fourth-order valence-corrected chi connectivity index (χ4v) is 4.33. The van der Waals surface area contributed by atoms with E-state index in [4.69, 9.17) is 0 Å². The second-order valence-corrected chi connectivity index (χ2v) is 8.84. The van der Waals surface area contributed by atoms with Crippen molar-refractivity contribution in [3.63, 3.8) is 0 Å². The number of para-hydroxylation sites is 1. The summed E-state index contributed by atoms with van der Waals surface area (Å²) >= 11 is 1.40. The number of aromatic amines is 1. The first-order chi connectivity index (χ1) is 15.6. The number of hydrogen-bond donors (Lipinski definition) is 3. The monoisotopic (exact) mass is 442 g/mol. The molecule has 4 aromatic rings. The van der Waals surface area contributed by atoms with E-state index in [0.717, 1.165) is 40.6 Å². The summed E-state index contributed by atoms with van der Waals surface area (Å²) in [6.07, 6.45) is 5.85. The SMILES string of the molecule is Cc1ccsc1C(=O)Nc1cc(C(=O)NC2CC2)ccc1C=Cc1n[nH]c2ccccc12. The van der Waals surface area contributed by atoms with Crippen LogP contribution in [0.3, 0.4) is 0 Å². The number of amides is 2. The number of aromatic nitrogens is 2. The summed E-state index contributed by atoms with van der Waals surface area (Å²) in [6.45, 7) is 1.91. The molecule has 0 radical (unpaired) electrons. The van der Waals surface area contributed by atoms with Crippen molar-refractivity contribution in [3.8, 4) is 0 Å². The quantitative estimate of drug-likeness (QED) is 0.381. The van der Waals surface area contributed by atoms with Crippen molar-refractivity contribution < 1.29 is 9.59 Å². The van der Waals surface area contributed by atoms with Gasteiger partial charge >= 0.3 is 0 Å². The van der Waals surface area contributed by atoms with Gasteiger partial charge < -0.3 is 10.6 Å². The Morgan fingerprint density at radius 3 is 2.72 bits per heavy atom. The maximum absolute atomic E-state index is 12.9. The molecule has 1 aliphatic carbocycles. The Balaban J connectivity index is 1.47. The summed E-state index contributed by atoms with van der Waals surface area (Å²) < 4.78 is 0. The number of H-pyrrole nitrogens is 1. The second kappa shape index (κ2) is 8.43. The van der Waals surface area contributed by atoms with Gasteiger partial charge in [-0.2, -0.15) is 5.10 Å². The molecule has 2 aromatic carbocycles. The minimum atomic E-state index is -0.183. The van der Waals surface area contributed by atoms with E-state index in [1.54, 1.807) is 12.1 Å². The molecule has 5 rings (SSSR count). The van der Waals surface area contributed by atoms with Crippen LogP contribution in [0.1, 0.15) is 49.7 Å². The fraction of sp³-hybridized carbons (Fsp3) is 0.160. The Morgan fingerprint density at radius 2 is 1.94 bits per heavy atom. The van der Waals surface area contributed by atoms with Crippen molar-refractivity contribution in [2.75, 3.05) is 5.32 Å². The zero-order chi connectivity index (χ0) is 22.1. The molecule has 2 heterocycles. The Hall–Kier alpha value is -3.71. The van der Waals surface area contributed by atoms with Crippen molar-refractivity contribution in [1.82, 2.24) is 15.5 Å². The van der Waals surface area contributed by atoms with E-state index in [1.165, 1.54) is 11.3 Å². The van der Waals surface area contributed by atoms with Gasteiger partial charge in [0.05, 0.1) is 16.1 Å². The zero-order valence-electron chi connectivity index (χ0n) is 17.5. The van der Waals surface area contributed by atoms with Crippen LogP contribution in [0.5, 0.6) is 0 Å². The van der Waals surface area contributed by atoms with E-state index in [0.29, 0.717) is 16.1 Å². The predicted molar refractivity (Wildman–Crippen MR) is 129 cm³/mol. The van der Waals surface area contributed by atoms with Gasteiger partial charge in [0.2, 0.25) is 0 Å². The molecule has 32 heavy (non-hydrogen) atoms. The van der Waals surface area contributed by atoms with Crippen LogP contribution in [-0.4, -0.2) is 28.1 Å². The number of carbonyl (C=O) groups excluding carboxylic acids is 2. The number of aryl methyl sites for hydroxylation is 1. The molecule has 1 saturated carbocycles. The molecule has 0 unspecified atom stereocenters. The number of thiophene rings is 1. The molecular formula is C25H22N4O2S. The molecule has 0 spiro atoms. The lowest BCUT2D eigenvalue weighted by atomic mass is 10.1. The highest BCUT2D eigenvalue weighted by atomic mass is 32.1. The van der Waals surface area contributed by atoms with Crippen molar-refractivity contribution in [3.05, 3.63) is 81.2 Å². The van der Waals surface area contributed by atoms with Gasteiger partial charge in [0, 0.05) is 22.7 Å². The summed E-state index contributed by atoms with van der Waals surface area (Å²) in [6, 6.07) is 15.5. The lowest BCUT2D eigenvalue weighted by Crippen LogP contribution is -2.25. The molecule has 2 amide bonds. The summed E-state index contributed by atoms with van der Waals surface area (Å²) in [5.74, 6) is -0.304. The van der Waals surface area contributed by atoms with Crippen LogP contribution >= 0.6 is 11.3 Å². The third-order valence-corrected chi connectivity index (χ3v) is 6.48. The second-order valence-electron chi connectivity index (χ2n) is 7.92. The first kappa shape index (κ1) is 20.2. The minimum absolute atomic E-state index is 0.121. The molecule has 1 aliphatic rings. The molecule has 2 aromatic heterocycles. The smallest absolute Gasteiger partial charge is 0.266 e. The summed E-state index contributed by atoms with van der Waals surface area (Å²) in [7, 11) is 0. The highest BCUT2D eigenvalue weighted by Gasteiger charge is 2.24. The van der Waals surface area contributed by atoms with Crippen LogP contribution in [0.2, 0.25) is 0 Å². The summed E-state index contributed by atoms with van der Waals surface area (Å²) in [5.41, 5.74) is 4.60. The molecule has 7 heteroatoms.